The number of hydrazine groups is 1. The molecule has 3 nitrogen and oxygen atoms in total. The SMILES string of the molecule is COCCN(N)C(C)C1CC1. The van der Waals surface area contributed by atoms with Crippen molar-refractivity contribution in [3.05, 3.63) is 0 Å². The molecule has 0 radical (unpaired) electrons. The van der Waals surface area contributed by atoms with Gasteiger partial charge in [0.1, 0.15) is 0 Å². The van der Waals surface area contributed by atoms with Gasteiger partial charge in [0, 0.05) is 19.7 Å². The normalized spacial score (nSPS) is 20.7. The minimum absolute atomic E-state index is 0.533. The highest BCUT2D eigenvalue weighted by molar-refractivity contribution is 4.83. The maximum atomic E-state index is 5.80. The van der Waals surface area contributed by atoms with Crippen LogP contribution in [0.3, 0.4) is 0 Å². The Labute approximate surface area is 68.5 Å². The van der Waals surface area contributed by atoms with E-state index in [1.165, 1.54) is 12.8 Å². The van der Waals surface area contributed by atoms with Gasteiger partial charge in [-0.3, -0.25) is 5.84 Å². The number of hydrogen-bond donors (Lipinski definition) is 1. The highest BCUT2D eigenvalue weighted by Gasteiger charge is 2.30. The highest BCUT2D eigenvalue weighted by Crippen LogP contribution is 2.33. The average molecular weight is 158 g/mol. The second-order valence-electron chi connectivity index (χ2n) is 3.31. The summed E-state index contributed by atoms with van der Waals surface area (Å²) in [4.78, 5) is 0. The first-order valence-electron chi connectivity index (χ1n) is 4.26. The van der Waals surface area contributed by atoms with Crippen LogP contribution in [0.5, 0.6) is 0 Å². The van der Waals surface area contributed by atoms with Crippen LogP contribution in [0.15, 0.2) is 0 Å². The number of ether oxygens (including phenoxy) is 1. The zero-order valence-electron chi connectivity index (χ0n) is 7.42. The van der Waals surface area contributed by atoms with E-state index in [1.54, 1.807) is 7.11 Å². The van der Waals surface area contributed by atoms with Crippen LogP contribution in [0.2, 0.25) is 0 Å². The Balaban J connectivity index is 2.11. The van der Waals surface area contributed by atoms with Crippen LogP contribution in [0.1, 0.15) is 19.8 Å². The molecule has 0 aromatic rings. The maximum absolute atomic E-state index is 5.80. The van der Waals surface area contributed by atoms with E-state index in [-0.39, 0.29) is 0 Å². The van der Waals surface area contributed by atoms with Gasteiger partial charge in [0.25, 0.3) is 0 Å². The van der Waals surface area contributed by atoms with E-state index >= 15 is 0 Å². The van der Waals surface area contributed by atoms with E-state index in [1.807, 2.05) is 5.01 Å². The van der Waals surface area contributed by atoms with Gasteiger partial charge in [0.2, 0.25) is 0 Å². The van der Waals surface area contributed by atoms with E-state index in [0.717, 1.165) is 19.1 Å². The zero-order valence-corrected chi connectivity index (χ0v) is 7.42. The second-order valence-corrected chi connectivity index (χ2v) is 3.31. The smallest absolute Gasteiger partial charge is 0.0603 e. The van der Waals surface area contributed by atoms with Crippen LogP contribution < -0.4 is 5.84 Å². The van der Waals surface area contributed by atoms with Gasteiger partial charge in [-0.15, -0.1) is 0 Å². The van der Waals surface area contributed by atoms with E-state index < -0.39 is 0 Å². The Morgan fingerprint density at radius 2 is 2.27 bits per heavy atom. The summed E-state index contributed by atoms with van der Waals surface area (Å²) in [5.41, 5.74) is 0. The quantitative estimate of drug-likeness (QED) is 0.470. The van der Waals surface area contributed by atoms with Crippen molar-refractivity contribution >= 4 is 0 Å². The summed E-state index contributed by atoms with van der Waals surface area (Å²) >= 11 is 0. The second kappa shape index (κ2) is 4.04. The molecule has 1 aliphatic rings. The van der Waals surface area contributed by atoms with Crippen molar-refractivity contribution in [3.8, 4) is 0 Å². The molecule has 0 spiro atoms. The predicted molar refractivity (Wildman–Crippen MR) is 45.0 cm³/mol. The molecular weight excluding hydrogens is 140 g/mol. The molecule has 0 bridgehead atoms. The third kappa shape index (κ3) is 2.77. The molecule has 0 aliphatic heterocycles. The Morgan fingerprint density at radius 3 is 2.73 bits per heavy atom. The molecule has 1 saturated carbocycles. The molecule has 1 rings (SSSR count). The van der Waals surface area contributed by atoms with Gasteiger partial charge in [0.05, 0.1) is 6.61 Å². The Bertz CT molecular complexity index is 115. The Hall–Kier alpha value is -0.120. The van der Waals surface area contributed by atoms with E-state index in [2.05, 4.69) is 6.92 Å². The fraction of sp³-hybridized carbons (Fsp3) is 1.00. The van der Waals surface area contributed by atoms with Gasteiger partial charge in [-0.25, -0.2) is 5.01 Å². The topological polar surface area (TPSA) is 38.5 Å². The number of nitrogens with two attached hydrogens (primary N) is 1. The molecule has 11 heavy (non-hydrogen) atoms. The molecule has 0 aromatic carbocycles. The number of nitrogens with zero attached hydrogens (tertiary/aromatic N) is 1. The third-order valence-corrected chi connectivity index (χ3v) is 2.38. The molecule has 1 fully saturated rings. The van der Waals surface area contributed by atoms with E-state index in [4.69, 9.17) is 10.6 Å². The summed E-state index contributed by atoms with van der Waals surface area (Å²) < 4.78 is 4.94. The summed E-state index contributed by atoms with van der Waals surface area (Å²) in [7, 11) is 1.70. The highest BCUT2D eigenvalue weighted by atomic mass is 16.5. The first-order valence-corrected chi connectivity index (χ1v) is 4.26. The van der Waals surface area contributed by atoms with E-state index in [0.29, 0.717) is 6.04 Å². The summed E-state index contributed by atoms with van der Waals surface area (Å²) in [5.74, 6) is 6.64. The van der Waals surface area contributed by atoms with Gasteiger partial charge in [-0.2, -0.15) is 0 Å². The van der Waals surface area contributed by atoms with Crippen molar-refractivity contribution in [2.75, 3.05) is 20.3 Å². The van der Waals surface area contributed by atoms with Crippen LogP contribution in [-0.2, 0) is 4.74 Å². The maximum Gasteiger partial charge on any atom is 0.0603 e. The Kier molecular flexibility index (Phi) is 3.30. The molecule has 1 aliphatic carbocycles. The van der Waals surface area contributed by atoms with Gasteiger partial charge in [-0.05, 0) is 25.7 Å². The molecule has 0 amide bonds. The van der Waals surface area contributed by atoms with Crippen molar-refractivity contribution in [1.29, 1.82) is 0 Å². The first kappa shape index (κ1) is 8.97. The molecule has 0 heterocycles. The van der Waals surface area contributed by atoms with Gasteiger partial charge >= 0.3 is 0 Å². The van der Waals surface area contributed by atoms with Crippen LogP contribution >= 0.6 is 0 Å². The van der Waals surface area contributed by atoms with Crippen molar-refractivity contribution in [2.45, 2.75) is 25.8 Å². The Morgan fingerprint density at radius 1 is 1.64 bits per heavy atom. The van der Waals surface area contributed by atoms with Crippen LogP contribution in [0.4, 0.5) is 0 Å². The minimum Gasteiger partial charge on any atom is -0.383 e. The number of methoxy groups -OCH3 is 1. The molecular formula is C8H18N2O. The summed E-state index contributed by atoms with van der Waals surface area (Å²) in [5, 5.41) is 1.89. The number of hydrogen-bond acceptors (Lipinski definition) is 3. The lowest BCUT2D eigenvalue weighted by Gasteiger charge is -2.23. The van der Waals surface area contributed by atoms with Gasteiger partial charge in [-0.1, -0.05) is 0 Å². The molecule has 2 N–H and O–H groups in total. The molecule has 1 atom stereocenters. The molecule has 0 aromatic heterocycles. The van der Waals surface area contributed by atoms with Crippen molar-refractivity contribution in [2.24, 2.45) is 11.8 Å². The molecule has 3 heteroatoms. The van der Waals surface area contributed by atoms with Crippen molar-refractivity contribution in [3.63, 3.8) is 0 Å². The molecule has 66 valence electrons. The average Bonchev–Trinajstić information content (AvgIpc) is 2.81. The third-order valence-electron chi connectivity index (χ3n) is 2.38. The number of rotatable bonds is 5. The first-order chi connectivity index (χ1) is 5.25. The summed E-state index contributed by atoms with van der Waals surface area (Å²) in [6, 6.07) is 0.533. The van der Waals surface area contributed by atoms with Crippen molar-refractivity contribution in [1.82, 2.24) is 5.01 Å². The molecule has 1 unspecified atom stereocenters. The van der Waals surface area contributed by atoms with Crippen molar-refractivity contribution < 1.29 is 4.74 Å². The van der Waals surface area contributed by atoms with Crippen LogP contribution in [0, 0.1) is 5.92 Å². The van der Waals surface area contributed by atoms with Crippen LogP contribution in [0.25, 0.3) is 0 Å². The lowest BCUT2D eigenvalue weighted by Crippen LogP contribution is -2.42. The van der Waals surface area contributed by atoms with E-state index in [9.17, 15) is 0 Å². The fourth-order valence-corrected chi connectivity index (χ4v) is 1.25. The largest absolute Gasteiger partial charge is 0.383 e. The zero-order chi connectivity index (χ0) is 8.27. The minimum atomic E-state index is 0.533. The monoisotopic (exact) mass is 158 g/mol. The summed E-state index contributed by atoms with van der Waals surface area (Å²) in [6.45, 7) is 3.76. The van der Waals surface area contributed by atoms with Crippen LogP contribution in [-0.4, -0.2) is 31.3 Å². The standard InChI is InChI=1S/C8H18N2O/c1-7(8-3-4-8)10(9)5-6-11-2/h7-8H,3-6,9H2,1-2H3. The van der Waals surface area contributed by atoms with Gasteiger partial charge < -0.3 is 4.74 Å². The van der Waals surface area contributed by atoms with Gasteiger partial charge in [0.15, 0.2) is 0 Å². The summed E-state index contributed by atoms with van der Waals surface area (Å²) in [6.07, 6.45) is 2.70. The predicted octanol–water partition coefficient (Wildman–Crippen LogP) is 0.607. The lowest BCUT2D eigenvalue weighted by atomic mass is 10.2. The lowest BCUT2D eigenvalue weighted by molar-refractivity contribution is 0.118. The fourth-order valence-electron chi connectivity index (χ4n) is 1.25. The molecule has 0 saturated heterocycles.